The van der Waals surface area contributed by atoms with Gasteiger partial charge in [0.15, 0.2) is 0 Å². The zero-order chi connectivity index (χ0) is 37.0. The summed E-state index contributed by atoms with van der Waals surface area (Å²) >= 11 is 0. The Bertz CT molecular complexity index is 1560. The Hall–Kier alpha value is -6.12. The second kappa shape index (κ2) is 17.3. The average Bonchev–Trinajstić information content (AvgIpc) is 3.05. The predicted molar refractivity (Wildman–Crippen MR) is 169 cm³/mol. The lowest BCUT2D eigenvalue weighted by molar-refractivity contribution is -0.216. The van der Waals surface area contributed by atoms with Crippen molar-refractivity contribution in [1.29, 1.82) is 0 Å². The minimum absolute atomic E-state index is 0.142. The molecule has 0 bridgehead atoms. The van der Waals surface area contributed by atoms with E-state index in [4.69, 9.17) is 14.2 Å². The molecule has 0 N–H and O–H groups in total. The van der Waals surface area contributed by atoms with E-state index in [1.165, 1.54) is 25.1 Å². The van der Waals surface area contributed by atoms with Crippen LogP contribution in [0.15, 0.2) is 54.6 Å². The molecule has 0 aromatic heterocycles. The monoisotopic (exact) mass is 696 g/mol. The number of carbonyl (C=O) groups excluding carboxylic acids is 6. The van der Waals surface area contributed by atoms with Crippen LogP contribution in [0.1, 0.15) is 71.4 Å². The van der Waals surface area contributed by atoms with E-state index in [2.05, 4.69) is 29.3 Å². The van der Waals surface area contributed by atoms with Gasteiger partial charge in [-0.3, -0.25) is 0 Å². The van der Waals surface area contributed by atoms with Crippen molar-refractivity contribution in [2.75, 3.05) is 19.8 Å². The fourth-order valence-electron chi connectivity index (χ4n) is 4.37. The highest BCUT2D eigenvalue weighted by Gasteiger charge is 2.33. The highest BCUT2D eigenvalue weighted by atomic mass is 17.2. The van der Waals surface area contributed by atoms with Gasteiger partial charge < -0.3 is 14.2 Å². The molecule has 15 nitrogen and oxygen atoms in total. The summed E-state index contributed by atoms with van der Waals surface area (Å²) in [6, 6.07) is 14.6. The molecule has 0 saturated heterocycles. The Labute approximate surface area is 287 Å². The fraction of sp³-hybridized carbons (Fsp3) is 0.314. The number of benzene rings is 3. The van der Waals surface area contributed by atoms with Crippen LogP contribution in [0.3, 0.4) is 0 Å². The topological polar surface area (TPSA) is 185 Å². The highest BCUT2D eigenvalue weighted by Crippen LogP contribution is 2.21. The smallest absolute Gasteiger partial charge is 0.431 e. The van der Waals surface area contributed by atoms with Crippen molar-refractivity contribution in [1.82, 2.24) is 0 Å². The molecule has 3 aromatic carbocycles. The first-order chi connectivity index (χ1) is 23.6. The summed E-state index contributed by atoms with van der Waals surface area (Å²) in [7, 11) is 0. The van der Waals surface area contributed by atoms with Gasteiger partial charge >= 0.3 is 36.4 Å². The van der Waals surface area contributed by atoms with Crippen LogP contribution in [0, 0.1) is 47.0 Å². The lowest BCUT2D eigenvalue weighted by Gasteiger charge is -2.26. The molecule has 3 aromatic rings. The molecule has 0 amide bonds. The second-order valence-electron chi connectivity index (χ2n) is 11.7. The molecule has 0 heterocycles. The molecule has 0 unspecified atom stereocenters. The summed E-state index contributed by atoms with van der Waals surface area (Å²) in [4.78, 5) is 101. The Kier molecular flexibility index (Phi) is 13.3. The molecule has 0 spiro atoms. The van der Waals surface area contributed by atoms with Crippen molar-refractivity contribution < 1.29 is 72.3 Å². The van der Waals surface area contributed by atoms with Gasteiger partial charge in [-0.25, -0.2) is 43.7 Å². The van der Waals surface area contributed by atoms with Crippen LogP contribution in [-0.4, -0.2) is 56.2 Å². The third-order valence-corrected chi connectivity index (χ3v) is 6.98. The van der Waals surface area contributed by atoms with E-state index in [-0.39, 0.29) is 16.7 Å². The van der Waals surface area contributed by atoms with Gasteiger partial charge in [-0.2, -0.15) is 14.4 Å². The molecular formula is C35H36O15. The maximum Gasteiger partial charge on any atom is 0.549 e. The molecule has 0 aliphatic carbocycles. The summed E-state index contributed by atoms with van der Waals surface area (Å²) in [5.41, 5.74) is 3.30. The number of rotatable bonds is 9. The number of aryl methyl sites for hydroxylation is 6. The standard InChI is InChI=1S/C35H36O15/c1-20-8-11-26(23(4)14-20)29(36)45-48-32(39)42-17-35(7,18-43-33(40)49-46-30(37)27-12-9-21(2)15-24(27)5)19-44-34(41)50-47-31(38)28-13-10-22(3)16-25(28)6/h8-16H,17-19H2,1-7H3. The molecule has 0 saturated carbocycles. The van der Waals surface area contributed by atoms with Crippen LogP contribution in [0.25, 0.3) is 0 Å². The minimum atomic E-state index is -1.55. The van der Waals surface area contributed by atoms with E-state index in [9.17, 15) is 28.8 Å². The van der Waals surface area contributed by atoms with Crippen LogP contribution in [0.5, 0.6) is 0 Å². The molecule has 15 heteroatoms. The van der Waals surface area contributed by atoms with Crippen LogP contribution in [0.2, 0.25) is 0 Å². The second-order valence-corrected chi connectivity index (χ2v) is 11.7. The van der Waals surface area contributed by atoms with Gasteiger partial charge in [0.2, 0.25) is 0 Å². The average molecular weight is 697 g/mol. The molecule has 0 aliphatic rings. The van der Waals surface area contributed by atoms with Crippen molar-refractivity contribution in [3.8, 4) is 0 Å². The highest BCUT2D eigenvalue weighted by molar-refractivity contribution is 5.92. The summed E-state index contributed by atoms with van der Waals surface area (Å²) < 4.78 is 15.0. The van der Waals surface area contributed by atoms with Gasteiger partial charge in [0.1, 0.15) is 19.8 Å². The van der Waals surface area contributed by atoms with Crippen LogP contribution in [0.4, 0.5) is 14.4 Å². The first-order valence-electron chi connectivity index (χ1n) is 15.0. The summed E-state index contributed by atoms with van der Waals surface area (Å²) in [5.74, 6) is -2.90. The minimum Gasteiger partial charge on any atom is -0.431 e. The van der Waals surface area contributed by atoms with Crippen molar-refractivity contribution in [2.45, 2.75) is 48.5 Å². The molecule has 266 valence electrons. The quantitative estimate of drug-likeness (QED) is 0.100. The normalized spacial score (nSPS) is 10.6. The van der Waals surface area contributed by atoms with Crippen molar-refractivity contribution in [3.63, 3.8) is 0 Å². The van der Waals surface area contributed by atoms with E-state index in [0.29, 0.717) is 16.7 Å². The van der Waals surface area contributed by atoms with E-state index in [1.807, 2.05) is 20.8 Å². The molecular weight excluding hydrogens is 660 g/mol. The van der Waals surface area contributed by atoms with Gasteiger partial charge in [-0.1, -0.05) is 53.1 Å². The van der Waals surface area contributed by atoms with Crippen molar-refractivity contribution in [2.24, 2.45) is 5.41 Å². The Morgan fingerprint density at radius 1 is 0.440 bits per heavy atom. The van der Waals surface area contributed by atoms with Crippen LogP contribution >= 0.6 is 0 Å². The van der Waals surface area contributed by atoms with E-state index in [0.717, 1.165) is 16.7 Å². The third-order valence-electron chi connectivity index (χ3n) is 6.98. The Balaban J connectivity index is 1.58. The molecule has 0 fully saturated rings. The maximum atomic E-state index is 12.3. The number of hydrogen-bond acceptors (Lipinski definition) is 15. The predicted octanol–water partition coefficient (Wildman–Crippen LogP) is 6.62. The lowest BCUT2D eigenvalue weighted by atomic mass is 9.94. The zero-order valence-electron chi connectivity index (χ0n) is 28.4. The zero-order valence-corrected chi connectivity index (χ0v) is 28.4. The van der Waals surface area contributed by atoms with Gasteiger partial charge in [0.05, 0.1) is 22.1 Å². The fourth-order valence-corrected chi connectivity index (χ4v) is 4.37. The van der Waals surface area contributed by atoms with Crippen molar-refractivity contribution in [3.05, 3.63) is 105 Å². The van der Waals surface area contributed by atoms with Gasteiger partial charge in [0.25, 0.3) is 0 Å². The molecule has 3 rings (SSSR count). The number of carbonyl (C=O) groups is 6. The first kappa shape index (κ1) is 38.3. The Morgan fingerprint density at radius 3 is 0.940 bits per heavy atom. The number of hydrogen-bond donors (Lipinski definition) is 0. The lowest BCUT2D eigenvalue weighted by Crippen LogP contribution is -2.37. The molecule has 50 heavy (non-hydrogen) atoms. The van der Waals surface area contributed by atoms with Gasteiger partial charge in [-0.05, 0) is 83.4 Å². The van der Waals surface area contributed by atoms with Crippen LogP contribution < -0.4 is 0 Å². The Morgan fingerprint density at radius 2 is 0.700 bits per heavy atom. The van der Waals surface area contributed by atoms with E-state index < -0.39 is 61.6 Å². The number of ether oxygens (including phenoxy) is 3. The van der Waals surface area contributed by atoms with Gasteiger partial charge in [0, 0.05) is 0 Å². The van der Waals surface area contributed by atoms with E-state index in [1.54, 1.807) is 57.2 Å². The third kappa shape index (κ3) is 11.5. The molecule has 0 radical (unpaired) electrons. The summed E-state index contributed by atoms with van der Waals surface area (Å²) in [6.45, 7) is 9.82. The SMILES string of the molecule is Cc1ccc(C(=O)OOC(=O)OCC(C)(COC(=O)OOC(=O)c2ccc(C)cc2C)COC(=O)OOC(=O)c2ccc(C)cc2C)c(C)c1. The first-order valence-corrected chi connectivity index (χ1v) is 15.0. The van der Waals surface area contributed by atoms with E-state index >= 15 is 0 Å². The molecule has 0 aliphatic heterocycles. The summed E-state index contributed by atoms with van der Waals surface area (Å²) in [6.07, 6.45) is -4.40. The van der Waals surface area contributed by atoms with Crippen molar-refractivity contribution >= 4 is 36.4 Å². The largest absolute Gasteiger partial charge is 0.549 e. The van der Waals surface area contributed by atoms with Crippen LogP contribution in [-0.2, 0) is 43.5 Å². The summed E-state index contributed by atoms with van der Waals surface area (Å²) in [5, 5.41) is 0. The molecule has 0 atom stereocenters. The van der Waals surface area contributed by atoms with Gasteiger partial charge in [-0.15, -0.1) is 0 Å². The maximum absolute atomic E-state index is 12.3.